The summed E-state index contributed by atoms with van der Waals surface area (Å²) in [6, 6.07) is 0. The highest BCUT2D eigenvalue weighted by molar-refractivity contribution is 7.66. The maximum absolute atomic E-state index is 10.1. The maximum atomic E-state index is 10.1. The van der Waals surface area contributed by atoms with E-state index >= 15 is 0 Å². The maximum Gasteiger partial charge on any atom is 0.289 e. The molecule has 1 aliphatic rings. The summed E-state index contributed by atoms with van der Waals surface area (Å²) in [5, 5.41) is 0. The second-order valence-electron chi connectivity index (χ2n) is 2.93. The molecule has 64 valence electrons. The van der Waals surface area contributed by atoms with Crippen molar-refractivity contribution in [3.63, 3.8) is 0 Å². The highest BCUT2D eigenvalue weighted by atomic mass is 31.2. The van der Waals surface area contributed by atoms with Gasteiger partial charge in [-0.25, -0.2) is 4.89 Å². The van der Waals surface area contributed by atoms with Gasteiger partial charge < -0.3 is 0 Å². The topological polar surface area (TPSA) is 26.7 Å². The van der Waals surface area contributed by atoms with Crippen LogP contribution in [-0.4, -0.2) is 47.6 Å². The van der Waals surface area contributed by atoms with Gasteiger partial charge in [0.05, 0.1) is 13.1 Å². The smallest absolute Gasteiger partial charge is 0.213 e. The van der Waals surface area contributed by atoms with Crippen molar-refractivity contribution in [3.8, 4) is 0 Å². The van der Waals surface area contributed by atoms with E-state index in [2.05, 4.69) is 15.9 Å². The van der Waals surface area contributed by atoms with Crippen molar-refractivity contribution in [2.24, 2.45) is 0 Å². The van der Waals surface area contributed by atoms with Gasteiger partial charge in [-0.15, -0.1) is 9.34 Å². The molecule has 1 aliphatic heterocycles. The molecule has 0 aliphatic carbocycles. The van der Waals surface area contributed by atoms with Gasteiger partial charge in [-0.2, -0.15) is 0 Å². The van der Waals surface area contributed by atoms with Gasteiger partial charge in [0.2, 0.25) is 0 Å². The molecule has 1 heterocycles. The summed E-state index contributed by atoms with van der Waals surface area (Å²) in [6.07, 6.45) is 2.51. The molecule has 0 aromatic carbocycles. The molecule has 0 aromatic rings. The third kappa shape index (κ3) is 1.47. The van der Waals surface area contributed by atoms with Gasteiger partial charge in [0.25, 0.3) is 7.79 Å². The summed E-state index contributed by atoms with van der Waals surface area (Å²) in [5.74, 6) is 0. The number of rotatable bonds is 2. The summed E-state index contributed by atoms with van der Waals surface area (Å²) in [7, 11) is 1.99. The van der Waals surface area contributed by atoms with Gasteiger partial charge >= 0.3 is 0 Å². The molecular formula is C7H16N2OP+. The summed E-state index contributed by atoms with van der Waals surface area (Å²) in [5.41, 5.74) is 0. The Morgan fingerprint density at radius 3 is 2.27 bits per heavy atom. The Hall–Kier alpha value is 0.0500. The first kappa shape index (κ1) is 9.14. The molecule has 0 radical (unpaired) electrons. The van der Waals surface area contributed by atoms with Gasteiger partial charge in [-0.3, -0.25) is 0 Å². The van der Waals surface area contributed by atoms with Crippen molar-refractivity contribution in [3.05, 3.63) is 12.7 Å². The van der Waals surface area contributed by atoms with E-state index in [1.54, 1.807) is 6.08 Å². The number of hydrogen-bond donors (Lipinski definition) is 1. The first-order chi connectivity index (χ1) is 5.11. The summed E-state index contributed by atoms with van der Waals surface area (Å²) in [4.78, 5) is 10.1. The Kier molecular flexibility index (Phi) is 2.66. The van der Waals surface area contributed by atoms with Crippen LogP contribution in [-0.2, 0) is 0 Å². The first-order valence-corrected chi connectivity index (χ1v) is 5.59. The zero-order valence-electron chi connectivity index (χ0n) is 7.19. The van der Waals surface area contributed by atoms with E-state index in [-0.39, 0.29) is 0 Å². The van der Waals surface area contributed by atoms with Gasteiger partial charge in [0.1, 0.15) is 6.16 Å². The zero-order chi connectivity index (χ0) is 8.48. The van der Waals surface area contributed by atoms with E-state index in [0.717, 1.165) is 13.1 Å². The van der Waals surface area contributed by atoms with Crippen LogP contribution < -0.4 is 0 Å². The van der Waals surface area contributed by atoms with Crippen molar-refractivity contribution in [1.29, 1.82) is 0 Å². The Balaban J connectivity index is 2.70. The molecular weight excluding hydrogens is 159 g/mol. The SMILES string of the molecule is C=CC[P+]1(O)N(C)CCN1C. The van der Waals surface area contributed by atoms with Gasteiger partial charge in [0, 0.05) is 14.1 Å². The van der Waals surface area contributed by atoms with Gasteiger partial charge in [0.15, 0.2) is 0 Å². The lowest BCUT2D eigenvalue weighted by atomic mass is 10.6. The highest BCUT2D eigenvalue weighted by Gasteiger charge is 2.49. The molecule has 0 aromatic heterocycles. The van der Waals surface area contributed by atoms with Crippen molar-refractivity contribution >= 4 is 7.79 Å². The zero-order valence-corrected chi connectivity index (χ0v) is 8.09. The molecule has 1 N–H and O–H groups in total. The lowest BCUT2D eigenvalue weighted by Gasteiger charge is -2.23. The Morgan fingerprint density at radius 1 is 1.45 bits per heavy atom. The second-order valence-corrected chi connectivity index (χ2v) is 6.04. The molecule has 1 saturated heterocycles. The van der Waals surface area contributed by atoms with E-state index in [0.29, 0.717) is 6.16 Å². The van der Waals surface area contributed by atoms with Crippen LogP contribution in [0.3, 0.4) is 0 Å². The van der Waals surface area contributed by atoms with Crippen LogP contribution in [0.4, 0.5) is 0 Å². The summed E-state index contributed by atoms with van der Waals surface area (Å²) < 4.78 is 4.10. The minimum Gasteiger partial charge on any atom is -0.213 e. The monoisotopic (exact) mass is 175 g/mol. The lowest BCUT2D eigenvalue weighted by Crippen LogP contribution is -2.21. The van der Waals surface area contributed by atoms with Crippen LogP contribution in [0.5, 0.6) is 0 Å². The van der Waals surface area contributed by atoms with Crippen molar-refractivity contribution in [2.75, 3.05) is 33.3 Å². The van der Waals surface area contributed by atoms with Gasteiger partial charge in [-0.1, -0.05) is 6.58 Å². The second kappa shape index (κ2) is 3.20. The molecule has 0 unspecified atom stereocenters. The van der Waals surface area contributed by atoms with E-state index in [9.17, 15) is 4.89 Å². The highest BCUT2D eigenvalue weighted by Crippen LogP contribution is 2.62. The predicted molar refractivity (Wildman–Crippen MR) is 49.5 cm³/mol. The van der Waals surface area contributed by atoms with Crippen LogP contribution in [0.25, 0.3) is 0 Å². The molecule has 0 amide bonds. The lowest BCUT2D eigenvalue weighted by molar-refractivity contribution is 0.465. The largest absolute Gasteiger partial charge is 0.289 e. The van der Waals surface area contributed by atoms with Crippen LogP contribution in [0, 0.1) is 0 Å². The average molecular weight is 175 g/mol. The number of nitrogens with zero attached hydrogens (tertiary/aromatic N) is 2. The van der Waals surface area contributed by atoms with Crippen molar-refractivity contribution < 1.29 is 4.89 Å². The van der Waals surface area contributed by atoms with E-state index < -0.39 is 7.79 Å². The average Bonchev–Trinajstić information content (AvgIpc) is 2.19. The fourth-order valence-corrected chi connectivity index (χ4v) is 3.57. The summed E-state index contributed by atoms with van der Waals surface area (Å²) >= 11 is 0. The first-order valence-electron chi connectivity index (χ1n) is 3.76. The van der Waals surface area contributed by atoms with Crippen LogP contribution in [0.2, 0.25) is 0 Å². The quantitative estimate of drug-likeness (QED) is 0.497. The van der Waals surface area contributed by atoms with Gasteiger partial charge in [-0.05, 0) is 6.08 Å². The fourth-order valence-electron chi connectivity index (χ4n) is 1.32. The number of hydrogen-bond acceptors (Lipinski definition) is 3. The molecule has 1 rings (SSSR count). The van der Waals surface area contributed by atoms with Crippen molar-refractivity contribution in [1.82, 2.24) is 9.34 Å². The standard InChI is InChI=1S/C7H16N2OP/c1-4-7-11(10)8(2)5-6-9(11)3/h4,10H,1,5-7H2,2-3H3/q+1. The molecule has 0 bridgehead atoms. The Labute approximate surface area is 68.8 Å². The molecule has 1 fully saturated rings. The molecule has 0 saturated carbocycles. The summed E-state index contributed by atoms with van der Waals surface area (Å²) in [6.45, 7) is 5.59. The Morgan fingerprint density at radius 2 is 1.91 bits per heavy atom. The molecule has 0 atom stereocenters. The Bertz CT molecular complexity index is 153. The number of allylic oxidation sites excluding steroid dienone is 1. The third-order valence-electron chi connectivity index (χ3n) is 2.21. The molecule has 0 spiro atoms. The molecule has 3 nitrogen and oxygen atoms in total. The van der Waals surface area contributed by atoms with E-state index in [1.165, 1.54) is 0 Å². The fraction of sp³-hybridized carbons (Fsp3) is 0.714. The van der Waals surface area contributed by atoms with E-state index in [1.807, 2.05) is 14.1 Å². The molecule has 4 heteroatoms. The normalized spacial score (nSPS) is 25.7. The minimum atomic E-state index is -1.95. The van der Waals surface area contributed by atoms with E-state index in [4.69, 9.17) is 0 Å². The number of likely N-dealkylation sites (N-methyl/N-ethyl adjacent to an activating group) is 2. The molecule has 11 heavy (non-hydrogen) atoms. The van der Waals surface area contributed by atoms with Crippen LogP contribution in [0.1, 0.15) is 0 Å². The minimum absolute atomic E-state index is 0.708. The predicted octanol–water partition coefficient (Wildman–Crippen LogP) is 0.804. The van der Waals surface area contributed by atoms with Crippen LogP contribution >= 0.6 is 7.79 Å². The van der Waals surface area contributed by atoms with Crippen molar-refractivity contribution in [2.45, 2.75) is 0 Å². The third-order valence-corrected chi connectivity index (χ3v) is 5.55. The van der Waals surface area contributed by atoms with Crippen LogP contribution in [0.15, 0.2) is 12.7 Å².